The first-order valence-corrected chi connectivity index (χ1v) is 6.50. The molecule has 0 atom stereocenters. The van der Waals surface area contributed by atoms with Crippen LogP contribution in [0.5, 0.6) is 0 Å². The van der Waals surface area contributed by atoms with Crippen molar-refractivity contribution in [1.82, 2.24) is 9.78 Å². The summed E-state index contributed by atoms with van der Waals surface area (Å²) in [6.07, 6.45) is 9.72. The molecule has 0 unspecified atom stereocenters. The van der Waals surface area contributed by atoms with Crippen molar-refractivity contribution in [3.8, 4) is 0 Å². The summed E-state index contributed by atoms with van der Waals surface area (Å²) in [4.78, 5) is 0. The van der Waals surface area contributed by atoms with Gasteiger partial charge in [-0.15, -0.1) is 0 Å². The number of allylic oxidation sites excluding steroid dienone is 6. The maximum atomic E-state index is 4.75. The topological polar surface area (TPSA) is 17.8 Å². The molecule has 2 rings (SSSR count). The summed E-state index contributed by atoms with van der Waals surface area (Å²) in [6.45, 7) is 10.8. The fourth-order valence-electron chi connectivity index (χ4n) is 1.98. The van der Waals surface area contributed by atoms with E-state index >= 15 is 0 Å². The van der Waals surface area contributed by atoms with Crippen LogP contribution in [0.2, 0.25) is 0 Å². The van der Waals surface area contributed by atoms with Crippen molar-refractivity contribution in [1.29, 1.82) is 0 Å². The molecule has 1 aromatic rings. The summed E-state index contributed by atoms with van der Waals surface area (Å²) in [6, 6.07) is 2.18. The molecule has 18 heavy (non-hydrogen) atoms. The lowest BCUT2D eigenvalue weighted by Crippen LogP contribution is -2.12. The third-order valence-electron chi connectivity index (χ3n) is 3.18. The average molecular weight is 242 g/mol. The zero-order valence-electron chi connectivity index (χ0n) is 12.0. The molecule has 96 valence electrons. The van der Waals surface area contributed by atoms with Gasteiger partial charge in [0.25, 0.3) is 0 Å². The summed E-state index contributed by atoms with van der Waals surface area (Å²) in [7, 11) is 0. The van der Waals surface area contributed by atoms with E-state index in [0.29, 0.717) is 0 Å². The Hall–Kier alpha value is -1.57. The van der Waals surface area contributed by atoms with Crippen LogP contribution >= 0.6 is 0 Å². The summed E-state index contributed by atoms with van der Waals surface area (Å²) in [5.41, 5.74) is 4.90. The molecule has 2 heteroatoms. The average Bonchev–Trinajstić information content (AvgIpc) is 2.52. The van der Waals surface area contributed by atoms with Gasteiger partial charge < -0.3 is 0 Å². The number of aromatic nitrogens is 2. The standard InChI is InChI=1S/C16H22N2/c1-12-7-6-8-14(10-9-12)18-13(2)11-15(17-18)16(3,4)5/h7-11H,6H2,1-5H3. The Balaban J connectivity index is 2.38. The Morgan fingerprint density at radius 3 is 2.44 bits per heavy atom. The Labute approximate surface area is 110 Å². The highest BCUT2D eigenvalue weighted by atomic mass is 15.3. The number of nitrogens with zero attached hydrogens (tertiary/aromatic N) is 2. The van der Waals surface area contributed by atoms with E-state index in [-0.39, 0.29) is 5.41 Å². The predicted molar refractivity (Wildman–Crippen MR) is 77.5 cm³/mol. The molecule has 2 nitrogen and oxygen atoms in total. The van der Waals surface area contributed by atoms with E-state index in [1.165, 1.54) is 11.3 Å². The Kier molecular flexibility index (Phi) is 3.29. The lowest BCUT2D eigenvalue weighted by Gasteiger charge is -2.14. The second-order valence-corrected chi connectivity index (χ2v) is 5.98. The number of hydrogen-bond acceptors (Lipinski definition) is 1. The second-order valence-electron chi connectivity index (χ2n) is 5.98. The molecule has 0 saturated heterocycles. The van der Waals surface area contributed by atoms with Gasteiger partial charge in [-0.1, -0.05) is 44.6 Å². The first kappa shape index (κ1) is 12.9. The van der Waals surface area contributed by atoms with Crippen molar-refractivity contribution in [3.63, 3.8) is 0 Å². The van der Waals surface area contributed by atoms with Gasteiger partial charge in [0, 0.05) is 11.1 Å². The highest BCUT2D eigenvalue weighted by Crippen LogP contribution is 2.24. The smallest absolute Gasteiger partial charge is 0.0685 e. The molecule has 0 fully saturated rings. The van der Waals surface area contributed by atoms with Crippen LogP contribution in [0.1, 0.15) is 45.5 Å². The van der Waals surface area contributed by atoms with Crippen LogP contribution in [0.4, 0.5) is 0 Å². The SMILES string of the molecule is CC1=CCC=C(n2nc(C(C)(C)C)cc2C)C=C1. The van der Waals surface area contributed by atoms with Crippen molar-refractivity contribution >= 4 is 5.70 Å². The number of hydrogen-bond donors (Lipinski definition) is 0. The lowest BCUT2D eigenvalue weighted by atomic mass is 9.92. The minimum absolute atomic E-state index is 0.0964. The molecular formula is C16H22N2. The molecule has 0 radical (unpaired) electrons. The molecule has 0 spiro atoms. The molecule has 1 heterocycles. The van der Waals surface area contributed by atoms with E-state index in [1.54, 1.807) is 0 Å². The molecule has 0 bridgehead atoms. The van der Waals surface area contributed by atoms with Gasteiger partial charge in [0.05, 0.1) is 11.4 Å². The molecule has 1 aliphatic rings. The first-order valence-electron chi connectivity index (χ1n) is 6.50. The fraction of sp³-hybridized carbons (Fsp3) is 0.438. The maximum Gasteiger partial charge on any atom is 0.0685 e. The Morgan fingerprint density at radius 2 is 1.83 bits per heavy atom. The summed E-state index contributed by atoms with van der Waals surface area (Å²) in [5.74, 6) is 0. The van der Waals surface area contributed by atoms with Crippen molar-refractivity contribution < 1.29 is 0 Å². The van der Waals surface area contributed by atoms with Crippen LogP contribution in [-0.4, -0.2) is 9.78 Å². The van der Waals surface area contributed by atoms with E-state index < -0.39 is 0 Å². The molecule has 0 aliphatic heterocycles. The van der Waals surface area contributed by atoms with E-state index in [4.69, 9.17) is 5.10 Å². The van der Waals surface area contributed by atoms with E-state index in [9.17, 15) is 0 Å². The van der Waals surface area contributed by atoms with Gasteiger partial charge in [-0.25, -0.2) is 4.68 Å². The molecule has 0 aromatic carbocycles. The zero-order chi connectivity index (χ0) is 13.3. The second kappa shape index (κ2) is 4.60. The normalized spacial score (nSPS) is 16.3. The summed E-state index contributed by atoms with van der Waals surface area (Å²) >= 11 is 0. The van der Waals surface area contributed by atoms with Gasteiger partial charge in [0.2, 0.25) is 0 Å². The Bertz CT molecular complexity index is 534. The molecule has 0 saturated carbocycles. The van der Waals surface area contributed by atoms with Crippen LogP contribution in [-0.2, 0) is 5.41 Å². The highest BCUT2D eigenvalue weighted by Gasteiger charge is 2.19. The molecule has 1 aromatic heterocycles. The van der Waals surface area contributed by atoms with E-state index in [1.807, 2.05) is 4.68 Å². The molecular weight excluding hydrogens is 220 g/mol. The first-order chi connectivity index (χ1) is 8.38. The number of rotatable bonds is 1. The maximum absolute atomic E-state index is 4.75. The largest absolute Gasteiger partial charge is 0.238 e. The van der Waals surface area contributed by atoms with Crippen LogP contribution in [0, 0.1) is 6.92 Å². The molecule has 1 aliphatic carbocycles. The molecule has 0 N–H and O–H groups in total. The van der Waals surface area contributed by atoms with Gasteiger partial charge >= 0.3 is 0 Å². The van der Waals surface area contributed by atoms with Gasteiger partial charge in [-0.05, 0) is 32.4 Å². The third-order valence-corrected chi connectivity index (χ3v) is 3.18. The minimum Gasteiger partial charge on any atom is -0.238 e. The van der Waals surface area contributed by atoms with Gasteiger partial charge in [-0.2, -0.15) is 5.10 Å². The zero-order valence-corrected chi connectivity index (χ0v) is 12.0. The minimum atomic E-state index is 0.0964. The van der Waals surface area contributed by atoms with Gasteiger partial charge in [0.1, 0.15) is 0 Å². The van der Waals surface area contributed by atoms with Crippen LogP contribution in [0.25, 0.3) is 5.70 Å². The summed E-state index contributed by atoms with van der Waals surface area (Å²) in [5, 5.41) is 4.75. The highest BCUT2D eigenvalue weighted by molar-refractivity contribution is 5.60. The summed E-state index contributed by atoms with van der Waals surface area (Å²) < 4.78 is 2.05. The van der Waals surface area contributed by atoms with Crippen molar-refractivity contribution in [2.24, 2.45) is 0 Å². The fourth-order valence-corrected chi connectivity index (χ4v) is 1.98. The van der Waals surface area contributed by atoms with E-state index in [0.717, 1.165) is 17.8 Å². The van der Waals surface area contributed by atoms with Crippen molar-refractivity contribution in [2.45, 2.75) is 46.5 Å². The molecule has 0 amide bonds. The van der Waals surface area contributed by atoms with Crippen molar-refractivity contribution in [2.75, 3.05) is 0 Å². The Morgan fingerprint density at radius 1 is 1.11 bits per heavy atom. The van der Waals surface area contributed by atoms with Crippen LogP contribution < -0.4 is 0 Å². The van der Waals surface area contributed by atoms with E-state index in [2.05, 4.69) is 65.0 Å². The van der Waals surface area contributed by atoms with Gasteiger partial charge in [-0.3, -0.25) is 0 Å². The van der Waals surface area contributed by atoms with Crippen LogP contribution in [0.3, 0.4) is 0 Å². The monoisotopic (exact) mass is 242 g/mol. The van der Waals surface area contributed by atoms with Crippen molar-refractivity contribution in [3.05, 3.63) is 47.3 Å². The van der Waals surface area contributed by atoms with Gasteiger partial charge in [0.15, 0.2) is 0 Å². The number of aryl methyl sites for hydroxylation is 1. The predicted octanol–water partition coefficient (Wildman–Crippen LogP) is 4.24. The third kappa shape index (κ3) is 2.63. The van der Waals surface area contributed by atoms with Crippen LogP contribution in [0.15, 0.2) is 35.9 Å². The lowest BCUT2D eigenvalue weighted by molar-refractivity contribution is 0.561. The quantitative estimate of drug-likeness (QED) is 0.720.